The Kier molecular flexibility index (Phi) is 3.64. The third-order valence-electron chi connectivity index (χ3n) is 3.73. The topological polar surface area (TPSA) is 71.8 Å². The molecule has 116 valence electrons. The molecule has 3 aromatic rings. The van der Waals surface area contributed by atoms with Gasteiger partial charge in [-0.1, -0.05) is 30.3 Å². The summed E-state index contributed by atoms with van der Waals surface area (Å²) in [5, 5.41) is 11.3. The fourth-order valence-electron chi connectivity index (χ4n) is 2.34. The maximum atomic E-state index is 12.3. The number of hydrogen-bond acceptors (Lipinski definition) is 5. The molecule has 0 bridgehead atoms. The molecule has 0 radical (unpaired) electrons. The first-order valence-corrected chi connectivity index (χ1v) is 8.20. The zero-order valence-corrected chi connectivity index (χ0v) is 13.1. The van der Waals surface area contributed by atoms with Crippen molar-refractivity contribution in [3.63, 3.8) is 0 Å². The van der Waals surface area contributed by atoms with Crippen LogP contribution >= 0.6 is 11.3 Å². The zero-order chi connectivity index (χ0) is 15.6. The van der Waals surface area contributed by atoms with E-state index in [0.717, 1.165) is 23.7 Å². The molecule has 0 spiro atoms. The van der Waals surface area contributed by atoms with Crippen LogP contribution in [-0.2, 0) is 0 Å². The van der Waals surface area contributed by atoms with E-state index >= 15 is 0 Å². The Morgan fingerprint density at radius 2 is 2.09 bits per heavy atom. The average Bonchev–Trinajstić information content (AvgIpc) is 3.16. The second kappa shape index (κ2) is 5.94. The molecule has 1 aliphatic rings. The number of rotatable bonds is 4. The van der Waals surface area contributed by atoms with E-state index in [9.17, 15) is 4.79 Å². The van der Waals surface area contributed by atoms with Crippen molar-refractivity contribution in [2.45, 2.75) is 6.04 Å². The number of nitrogens with zero attached hydrogens (tertiary/aromatic N) is 3. The predicted octanol–water partition coefficient (Wildman–Crippen LogP) is 2.40. The van der Waals surface area contributed by atoms with Crippen molar-refractivity contribution < 1.29 is 4.79 Å². The molecule has 1 fully saturated rings. The van der Waals surface area contributed by atoms with E-state index in [2.05, 4.69) is 20.7 Å². The van der Waals surface area contributed by atoms with Crippen molar-refractivity contribution in [2.24, 2.45) is 0 Å². The lowest BCUT2D eigenvalue weighted by Gasteiger charge is -2.27. The van der Waals surface area contributed by atoms with E-state index in [1.807, 2.05) is 47.3 Å². The smallest absolute Gasteiger partial charge is 0.268 e. The summed E-state index contributed by atoms with van der Waals surface area (Å²) >= 11 is 1.37. The summed E-state index contributed by atoms with van der Waals surface area (Å²) in [5.74, 6) is 0.387. The number of anilines is 1. The number of hydrogen-bond donors (Lipinski definition) is 2. The lowest BCUT2D eigenvalue weighted by atomic mass is 10.2. The van der Waals surface area contributed by atoms with Gasteiger partial charge in [0.05, 0.1) is 12.2 Å². The summed E-state index contributed by atoms with van der Waals surface area (Å²) in [6.07, 6.45) is 3.50. The van der Waals surface area contributed by atoms with Crippen LogP contribution in [0.3, 0.4) is 0 Å². The monoisotopic (exact) mass is 325 g/mol. The number of nitrogens with one attached hydrogen (secondary N) is 2. The molecular formula is C16H15N5OS. The van der Waals surface area contributed by atoms with Crippen molar-refractivity contribution in [1.82, 2.24) is 20.1 Å². The van der Waals surface area contributed by atoms with E-state index in [-0.39, 0.29) is 5.91 Å². The molecule has 1 amide bonds. The van der Waals surface area contributed by atoms with E-state index in [1.165, 1.54) is 11.3 Å². The zero-order valence-electron chi connectivity index (χ0n) is 12.3. The third kappa shape index (κ3) is 2.88. The minimum atomic E-state index is -0.179. The molecule has 0 atom stereocenters. The highest BCUT2D eigenvalue weighted by atomic mass is 32.1. The normalized spacial score (nSPS) is 14.4. The van der Waals surface area contributed by atoms with Gasteiger partial charge in [0, 0.05) is 30.9 Å². The number of carbonyl (C=O) groups is 1. The van der Waals surface area contributed by atoms with Gasteiger partial charge in [0.1, 0.15) is 9.88 Å². The van der Waals surface area contributed by atoms with Crippen molar-refractivity contribution in [3.05, 3.63) is 53.7 Å². The molecule has 4 rings (SSSR count). The predicted molar refractivity (Wildman–Crippen MR) is 89.6 cm³/mol. The number of benzene rings is 1. The van der Waals surface area contributed by atoms with Gasteiger partial charge < -0.3 is 10.6 Å². The minimum absolute atomic E-state index is 0.179. The van der Waals surface area contributed by atoms with Crippen LogP contribution in [0.2, 0.25) is 0 Å². The van der Waals surface area contributed by atoms with Gasteiger partial charge in [-0.15, -0.1) is 11.3 Å². The highest BCUT2D eigenvalue weighted by Crippen LogP contribution is 2.25. The fourth-order valence-corrected chi connectivity index (χ4v) is 3.16. The van der Waals surface area contributed by atoms with Crippen LogP contribution in [-0.4, -0.2) is 33.8 Å². The van der Waals surface area contributed by atoms with Gasteiger partial charge >= 0.3 is 0 Å². The lowest BCUT2D eigenvalue weighted by Crippen LogP contribution is -2.43. The summed E-state index contributed by atoms with van der Waals surface area (Å²) in [6, 6.07) is 12.0. The van der Waals surface area contributed by atoms with Crippen LogP contribution in [0, 0.1) is 0 Å². The first-order valence-electron chi connectivity index (χ1n) is 7.38. The highest BCUT2D eigenvalue weighted by molar-refractivity contribution is 7.17. The molecule has 23 heavy (non-hydrogen) atoms. The van der Waals surface area contributed by atoms with Crippen LogP contribution in [0.4, 0.5) is 5.82 Å². The van der Waals surface area contributed by atoms with E-state index in [1.54, 1.807) is 6.20 Å². The van der Waals surface area contributed by atoms with E-state index in [0.29, 0.717) is 16.7 Å². The molecule has 7 heteroatoms. The Morgan fingerprint density at radius 3 is 2.83 bits per heavy atom. The van der Waals surface area contributed by atoms with Gasteiger partial charge in [-0.2, -0.15) is 5.10 Å². The largest absolute Gasteiger partial charge is 0.312 e. The second-order valence-corrected chi connectivity index (χ2v) is 6.37. The summed E-state index contributed by atoms with van der Waals surface area (Å²) in [7, 11) is 0. The Balaban J connectivity index is 1.47. The van der Waals surface area contributed by atoms with Gasteiger partial charge in [0.2, 0.25) is 0 Å². The van der Waals surface area contributed by atoms with Gasteiger partial charge in [-0.25, -0.2) is 4.98 Å². The molecule has 2 aromatic heterocycles. The molecule has 3 heterocycles. The first-order chi connectivity index (χ1) is 11.3. The summed E-state index contributed by atoms with van der Waals surface area (Å²) in [5.41, 5.74) is 1.01. The second-order valence-electron chi connectivity index (χ2n) is 5.34. The highest BCUT2D eigenvalue weighted by Gasteiger charge is 2.20. The number of aromatic nitrogens is 3. The van der Waals surface area contributed by atoms with E-state index < -0.39 is 0 Å². The molecule has 2 N–H and O–H groups in total. The van der Waals surface area contributed by atoms with Crippen LogP contribution < -0.4 is 10.6 Å². The van der Waals surface area contributed by atoms with Gasteiger partial charge in [-0.05, 0) is 0 Å². The van der Waals surface area contributed by atoms with Crippen molar-refractivity contribution in [1.29, 1.82) is 0 Å². The SMILES string of the molecule is O=C(Nc1ccn(C2CNC2)n1)c1cnc(-c2ccccc2)s1. The van der Waals surface area contributed by atoms with Crippen LogP contribution in [0.15, 0.2) is 48.8 Å². The Bertz CT molecular complexity index is 822. The summed E-state index contributed by atoms with van der Waals surface area (Å²) in [4.78, 5) is 17.2. The molecule has 1 saturated heterocycles. The number of amides is 1. The molecule has 1 aromatic carbocycles. The maximum absolute atomic E-state index is 12.3. The fraction of sp³-hybridized carbons (Fsp3) is 0.188. The number of thiazole rings is 1. The molecule has 0 saturated carbocycles. The summed E-state index contributed by atoms with van der Waals surface area (Å²) in [6.45, 7) is 1.84. The maximum Gasteiger partial charge on any atom is 0.268 e. The first kappa shape index (κ1) is 14.1. The third-order valence-corrected chi connectivity index (χ3v) is 4.78. The van der Waals surface area contributed by atoms with Crippen LogP contribution in [0.25, 0.3) is 10.6 Å². The van der Waals surface area contributed by atoms with Crippen molar-refractivity contribution in [2.75, 3.05) is 18.4 Å². The van der Waals surface area contributed by atoms with Crippen molar-refractivity contribution in [3.8, 4) is 10.6 Å². The minimum Gasteiger partial charge on any atom is -0.312 e. The number of carbonyl (C=O) groups excluding carboxylic acids is 1. The van der Waals surface area contributed by atoms with Crippen LogP contribution in [0.1, 0.15) is 15.7 Å². The Labute approximate surface area is 137 Å². The standard InChI is InChI=1S/C16H15N5OS/c22-15(19-14-6-7-21(20-14)12-8-17-9-12)13-10-18-16(23-13)11-4-2-1-3-5-11/h1-7,10,12,17H,8-9H2,(H,19,20,22). The van der Waals surface area contributed by atoms with Gasteiger partial charge in [-0.3, -0.25) is 9.48 Å². The molecule has 1 aliphatic heterocycles. The average molecular weight is 325 g/mol. The Morgan fingerprint density at radius 1 is 1.26 bits per heavy atom. The van der Waals surface area contributed by atoms with Gasteiger partial charge in [0.15, 0.2) is 5.82 Å². The summed E-state index contributed by atoms with van der Waals surface area (Å²) < 4.78 is 1.88. The lowest BCUT2D eigenvalue weighted by molar-refractivity contribution is 0.103. The van der Waals surface area contributed by atoms with Crippen LogP contribution in [0.5, 0.6) is 0 Å². The quantitative estimate of drug-likeness (QED) is 0.773. The Hall–Kier alpha value is -2.51. The molecule has 6 nitrogen and oxygen atoms in total. The van der Waals surface area contributed by atoms with Gasteiger partial charge in [0.25, 0.3) is 5.91 Å². The molecule has 0 aliphatic carbocycles. The molecule has 0 unspecified atom stereocenters. The van der Waals surface area contributed by atoms with Crippen molar-refractivity contribution >= 4 is 23.1 Å². The van der Waals surface area contributed by atoms with E-state index in [4.69, 9.17) is 0 Å². The molecular weight excluding hydrogens is 310 g/mol.